The van der Waals surface area contributed by atoms with E-state index in [0.29, 0.717) is 164 Å². The van der Waals surface area contributed by atoms with Gasteiger partial charge in [-0.05, 0) is 18.6 Å². The third-order valence-electron chi connectivity index (χ3n) is 9.74. The van der Waals surface area contributed by atoms with E-state index in [1.807, 2.05) is 0 Å². The monoisotopic (exact) mass is 934 g/mol. The Morgan fingerprint density at radius 1 is 0.385 bits per heavy atom. The van der Waals surface area contributed by atoms with Crippen LogP contribution < -0.4 is 4.74 Å². The van der Waals surface area contributed by atoms with Gasteiger partial charge in [0.25, 0.3) is 5.69 Å². The van der Waals surface area contributed by atoms with Crippen molar-refractivity contribution in [3.8, 4) is 5.75 Å². The quantitative estimate of drug-likeness (QED) is 0.0265. The molecule has 65 heavy (non-hydrogen) atoms. The molecule has 0 radical (unpaired) electrons. The lowest BCUT2D eigenvalue weighted by Gasteiger charge is -2.09. The van der Waals surface area contributed by atoms with Crippen molar-refractivity contribution >= 4 is 11.7 Å². The lowest BCUT2D eigenvalue weighted by molar-refractivity contribution is -0.384. The summed E-state index contributed by atoms with van der Waals surface area (Å²) in [6.45, 7) is 13.1. The van der Waals surface area contributed by atoms with Gasteiger partial charge < -0.3 is 61.6 Å². The van der Waals surface area contributed by atoms with Crippen molar-refractivity contribution in [1.82, 2.24) is 0 Å². The fraction of sp³-hybridized carbons (Fsp3) is 0.854. The molecule has 1 rings (SSSR count). The fourth-order valence-electron chi connectivity index (χ4n) is 6.11. The second-order valence-electron chi connectivity index (χ2n) is 15.3. The van der Waals surface area contributed by atoms with Crippen molar-refractivity contribution in [3.05, 3.63) is 34.4 Å². The number of unbranched alkanes of at least 4 members (excludes halogenated alkanes) is 14. The van der Waals surface area contributed by atoms with Gasteiger partial charge in [0.1, 0.15) is 19.0 Å². The Morgan fingerprint density at radius 2 is 0.646 bits per heavy atom. The molecule has 0 fully saturated rings. The maximum Gasteiger partial charge on any atom is 0.305 e. The van der Waals surface area contributed by atoms with E-state index in [1.54, 1.807) is 12.1 Å². The first-order chi connectivity index (χ1) is 32.1. The first-order valence-corrected chi connectivity index (χ1v) is 24.5. The third-order valence-corrected chi connectivity index (χ3v) is 9.74. The van der Waals surface area contributed by atoms with E-state index >= 15 is 0 Å². The minimum absolute atomic E-state index is 0.0232. The SMILES string of the molecule is CCCCCCCCCCCCCCCCCC(=O)OCCOCCOCCOCCOCCOCCOCCOCCOCCOCCOCCOCCOc1ccc([N+](=O)[O-])cc1. The molecule has 0 unspecified atom stereocenters. The largest absolute Gasteiger partial charge is 0.491 e. The van der Waals surface area contributed by atoms with E-state index in [1.165, 1.54) is 95.6 Å². The molecule has 0 bridgehead atoms. The van der Waals surface area contributed by atoms with Gasteiger partial charge in [0.15, 0.2) is 0 Å². The fourth-order valence-corrected chi connectivity index (χ4v) is 6.11. The molecule has 0 saturated heterocycles. The molecule has 0 N–H and O–H groups in total. The van der Waals surface area contributed by atoms with Gasteiger partial charge in [0.2, 0.25) is 0 Å². The van der Waals surface area contributed by atoms with Crippen LogP contribution in [0.5, 0.6) is 5.75 Å². The summed E-state index contributed by atoms with van der Waals surface area (Å²) in [5, 5.41) is 10.7. The van der Waals surface area contributed by atoms with Crippen LogP contribution in [0.1, 0.15) is 110 Å². The van der Waals surface area contributed by atoms with Crippen molar-refractivity contribution in [2.24, 2.45) is 0 Å². The molecule has 17 heteroatoms. The zero-order valence-corrected chi connectivity index (χ0v) is 40.1. The highest BCUT2D eigenvalue weighted by molar-refractivity contribution is 5.69. The Bertz CT molecular complexity index is 1140. The molecule has 1 aromatic rings. The lowest BCUT2D eigenvalue weighted by atomic mass is 10.0. The smallest absolute Gasteiger partial charge is 0.305 e. The minimum atomic E-state index is -0.452. The van der Waals surface area contributed by atoms with Crippen LogP contribution in [0.3, 0.4) is 0 Å². The molecule has 1 aromatic carbocycles. The van der Waals surface area contributed by atoms with Gasteiger partial charge in [-0.15, -0.1) is 0 Å². The molecular formula is C48H87NO16. The molecule has 0 aliphatic heterocycles. The molecule has 0 aromatic heterocycles. The summed E-state index contributed by atoms with van der Waals surface area (Å²) >= 11 is 0. The third kappa shape index (κ3) is 46.4. The second-order valence-corrected chi connectivity index (χ2v) is 15.3. The highest BCUT2D eigenvalue weighted by Gasteiger charge is 2.05. The summed E-state index contributed by atoms with van der Waals surface area (Å²) in [7, 11) is 0. The maximum atomic E-state index is 11.9. The number of carbonyl (C=O) groups excluding carboxylic acids is 1. The zero-order valence-electron chi connectivity index (χ0n) is 40.1. The number of hydrogen-bond donors (Lipinski definition) is 0. The first kappa shape index (κ1) is 60.5. The number of esters is 1. The predicted molar refractivity (Wildman–Crippen MR) is 248 cm³/mol. The number of nitrogens with zero attached hydrogens (tertiary/aromatic N) is 1. The Morgan fingerprint density at radius 3 is 0.938 bits per heavy atom. The van der Waals surface area contributed by atoms with Crippen LogP contribution in [0, 0.1) is 10.1 Å². The van der Waals surface area contributed by atoms with Gasteiger partial charge in [0, 0.05) is 18.6 Å². The highest BCUT2D eigenvalue weighted by Crippen LogP contribution is 2.17. The molecule has 0 amide bonds. The number of nitro groups is 1. The van der Waals surface area contributed by atoms with Gasteiger partial charge in [-0.3, -0.25) is 14.9 Å². The molecule has 380 valence electrons. The summed E-state index contributed by atoms with van der Waals surface area (Å²) in [6.07, 6.45) is 20.1. The van der Waals surface area contributed by atoms with E-state index in [-0.39, 0.29) is 18.3 Å². The van der Waals surface area contributed by atoms with Crippen LogP contribution in [0.15, 0.2) is 24.3 Å². The lowest BCUT2D eigenvalue weighted by Crippen LogP contribution is -2.16. The summed E-state index contributed by atoms with van der Waals surface area (Å²) < 4.78 is 71.1. The average Bonchev–Trinajstić information content (AvgIpc) is 3.31. The van der Waals surface area contributed by atoms with Crippen molar-refractivity contribution < 1.29 is 71.3 Å². The van der Waals surface area contributed by atoms with Crippen LogP contribution in [0.25, 0.3) is 0 Å². The summed E-state index contributed by atoms with van der Waals surface area (Å²) in [4.78, 5) is 22.1. The van der Waals surface area contributed by atoms with Crippen LogP contribution >= 0.6 is 0 Å². The van der Waals surface area contributed by atoms with Crippen molar-refractivity contribution in [2.45, 2.75) is 110 Å². The van der Waals surface area contributed by atoms with E-state index < -0.39 is 4.92 Å². The Kier molecular flexibility index (Phi) is 47.3. The zero-order chi connectivity index (χ0) is 46.6. The molecule has 0 spiro atoms. The van der Waals surface area contributed by atoms with Crippen molar-refractivity contribution in [2.75, 3.05) is 159 Å². The molecule has 0 heterocycles. The van der Waals surface area contributed by atoms with Crippen LogP contribution in [0.4, 0.5) is 5.69 Å². The standard InChI is InChI=1S/C48H87NO16/c1-2-3-4-5-6-7-8-9-10-11-12-13-14-15-16-17-48(50)65-45-43-63-41-39-61-37-35-59-33-31-57-29-27-55-25-23-53-22-24-54-26-28-56-30-32-58-34-36-60-38-40-62-42-44-64-47-20-18-46(19-21-47)49(51)52/h18-21H,2-17,22-45H2,1H3. The summed E-state index contributed by atoms with van der Waals surface area (Å²) in [6, 6.07) is 5.91. The normalized spacial score (nSPS) is 11.4. The van der Waals surface area contributed by atoms with Crippen LogP contribution in [-0.4, -0.2) is 169 Å². The number of nitro benzene ring substituents is 1. The second kappa shape index (κ2) is 50.9. The molecule has 0 saturated carbocycles. The first-order valence-electron chi connectivity index (χ1n) is 24.5. The van der Waals surface area contributed by atoms with Gasteiger partial charge in [-0.2, -0.15) is 0 Å². The summed E-state index contributed by atoms with van der Waals surface area (Å²) in [5.41, 5.74) is 0.0232. The molecule has 0 aliphatic carbocycles. The molecular weight excluding hydrogens is 847 g/mol. The number of ether oxygens (including phenoxy) is 13. The Balaban J connectivity index is 1.64. The highest BCUT2D eigenvalue weighted by atomic mass is 16.6. The summed E-state index contributed by atoms with van der Waals surface area (Å²) in [5.74, 6) is 0.416. The molecule has 0 aliphatic rings. The van der Waals surface area contributed by atoms with E-state index in [4.69, 9.17) is 61.6 Å². The number of rotatable bonds is 54. The minimum Gasteiger partial charge on any atom is -0.491 e. The van der Waals surface area contributed by atoms with Crippen molar-refractivity contribution in [3.63, 3.8) is 0 Å². The Labute approximate surface area is 390 Å². The van der Waals surface area contributed by atoms with Gasteiger partial charge in [0.05, 0.1) is 150 Å². The van der Waals surface area contributed by atoms with Crippen LogP contribution in [-0.2, 0) is 61.6 Å². The maximum absolute atomic E-state index is 11.9. The van der Waals surface area contributed by atoms with E-state index in [0.717, 1.165) is 12.8 Å². The predicted octanol–water partition coefficient (Wildman–Crippen LogP) is 7.96. The Hall–Kier alpha value is -2.55. The molecule has 0 atom stereocenters. The number of hydrogen-bond acceptors (Lipinski definition) is 16. The number of carbonyl (C=O) groups is 1. The van der Waals surface area contributed by atoms with E-state index in [2.05, 4.69) is 6.92 Å². The van der Waals surface area contributed by atoms with Crippen molar-refractivity contribution in [1.29, 1.82) is 0 Å². The topological polar surface area (TPSA) is 180 Å². The average molecular weight is 934 g/mol. The van der Waals surface area contributed by atoms with Gasteiger partial charge >= 0.3 is 5.97 Å². The van der Waals surface area contributed by atoms with Crippen LogP contribution in [0.2, 0.25) is 0 Å². The number of benzene rings is 1. The van der Waals surface area contributed by atoms with Gasteiger partial charge in [-0.25, -0.2) is 0 Å². The number of non-ortho nitro benzene ring substituents is 1. The van der Waals surface area contributed by atoms with E-state index in [9.17, 15) is 14.9 Å². The van der Waals surface area contributed by atoms with Gasteiger partial charge in [-0.1, -0.05) is 96.8 Å². The molecule has 17 nitrogen and oxygen atoms in total.